The predicted molar refractivity (Wildman–Crippen MR) is 71.8 cm³/mol. The van der Waals surface area contributed by atoms with Gasteiger partial charge < -0.3 is 11.1 Å². The van der Waals surface area contributed by atoms with Crippen LogP contribution in [-0.4, -0.2) is 11.8 Å². The van der Waals surface area contributed by atoms with Crippen LogP contribution in [0.25, 0.3) is 0 Å². The molecule has 4 heteroatoms. The van der Waals surface area contributed by atoms with Crippen LogP contribution in [0.3, 0.4) is 0 Å². The van der Waals surface area contributed by atoms with Gasteiger partial charge in [-0.25, -0.2) is 0 Å². The summed E-state index contributed by atoms with van der Waals surface area (Å²) in [6.07, 6.45) is 1.16. The zero-order valence-electron chi connectivity index (χ0n) is 10.8. The third-order valence-corrected chi connectivity index (χ3v) is 3.02. The highest BCUT2D eigenvalue weighted by Crippen LogP contribution is 2.17. The number of nitrogens with two attached hydrogens (primary N) is 1. The molecule has 1 rings (SSSR count). The molecule has 0 saturated carbocycles. The molecular weight excluding hydrogens is 228 g/mol. The van der Waals surface area contributed by atoms with Crippen LogP contribution < -0.4 is 11.1 Å². The Morgan fingerprint density at radius 1 is 1.28 bits per heavy atom. The van der Waals surface area contributed by atoms with Gasteiger partial charge in [-0.3, -0.25) is 9.59 Å². The fraction of sp³-hybridized carbons (Fsp3) is 0.429. The molecular formula is C14H20N2O2. The Bertz CT molecular complexity index is 404. The first kappa shape index (κ1) is 14.2. The van der Waals surface area contributed by atoms with Crippen molar-refractivity contribution in [2.45, 2.75) is 26.7 Å². The topological polar surface area (TPSA) is 72.2 Å². The average Bonchev–Trinajstić information content (AvgIpc) is 2.36. The summed E-state index contributed by atoms with van der Waals surface area (Å²) in [7, 11) is 0. The van der Waals surface area contributed by atoms with Gasteiger partial charge in [0.2, 0.25) is 11.8 Å². The Morgan fingerprint density at radius 3 is 2.39 bits per heavy atom. The molecule has 2 atom stereocenters. The van der Waals surface area contributed by atoms with Gasteiger partial charge in [-0.05, 0) is 25.0 Å². The van der Waals surface area contributed by atoms with Gasteiger partial charge in [0.15, 0.2) is 0 Å². The Labute approximate surface area is 108 Å². The number of amides is 2. The molecule has 0 bridgehead atoms. The Morgan fingerprint density at radius 2 is 1.89 bits per heavy atom. The van der Waals surface area contributed by atoms with Gasteiger partial charge in [0.1, 0.15) is 0 Å². The van der Waals surface area contributed by atoms with Crippen molar-refractivity contribution in [2.75, 3.05) is 5.32 Å². The molecule has 0 saturated heterocycles. The molecule has 0 fully saturated rings. The maximum atomic E-state index is 11.9. The quantitative estimate of drug-likeness (QED) is 0.809. The van der Waals surface area contributed by atoms with Crippen molar-refractivity contribution in [3.8, 4) is 0 Å². The van der Waals surface area contributed by atoms with E-state index in [0.717, 1.165) is 5.69 Å². The third kappa shape index (κ3) is 4.20. The van der Waals surface area contributed by atoms with Gasteiger partial charge in [0, 0.05) is 17.5 Å². The number of benzene rings is 1. The minimum absolute atomic E-state index is 0.0825. The van der Waals surface area contributed by atoms with Gasteiger partial charge in [-0.2, -0.15) is 0 Å². The average molecular weight is 248 g/mol. The van der Waals surface area contributed by atoms with Crippen molar-refractivity contribution in [1.29, 1.82) is 0 Å². The predicted octanol–water partition coefficient (Wildman–Crippen LogP) is 2.16. The highest BCUT2D eigenvalue weighted by Gasteiger charge is 2.21. The third-order valence-electron chi connectivity index (χ3n) is 3.02. The smallest absolute Gasteiger partial charge is 0.227 e. The minimum Gasteiger partial charge on any atom is -0.369 e. The summed E-state index contributed by atoms with van der Waals surface area (Å²) in [5, 5.41) is 2.82. The van der Waals surface area contributed by atoms with E-state index in [-0.39, 0.29) is 23.7 Å². The van der Waals surface area contributed by atoms with E-state index in [1.807, 2.05) is 44.2 Å². The van der Waals surface area contributed by atoms with Crippen LogP contribution in [-0.2, 0) is 9.59 Å². The number of anilines is 1. The monoisotopic (exact) mass is 248 g/mol. The van der Waals surface area contributed by atoms with Crippen molar-refractivity contribution in [2.24, 2.45) is 17.6 Å². The number of rotatable bonds is 6. The van der Waals surface area contributed by atoms with Crippen LogP contribution in [0.1, 0.15) is 26.7 Å². The van der Waals surface area contributed by atoms with Crippen molar-refractivity contribution in [3.05, 3.63) is 30.3 Å². The number of carbonyl (C=O) groups excluding carboxylic acids is 2. The molecule has 2 unspecified atom stereocenters. The second kappa shape index (κ2) is 6.79. The van der Waals surface area contributed by atoms with Gasteiger partial charge in [0.05, 0.1) is 0 Å². The van der Waals surface area contributed by atoms with Crippen molar-refractivity contribution >= 4 is 17.5 Å². The summed E-state index contributed by atoms with van der Waals surface area (Å²) in [6.45, 7) is 3.71. The number of carbonyl (C=O) groups is 2. The zero-order chi connectivity index (χ0) is 13.5. The molecule has 0 aliphatic carbocycles. The van der Waals surface area contributed by atoms with E-state index < -0.39 is 0 Å². The molecule has 98 valence electrons. The molecule has 1 aromatic rings. The van der Waals surface area contributed by atoms with E-state index in [2.05, 4.69) is 5.32 Å². The Kier molecular flexibility index (Phi) is 5.36. The molecule has 2 amide bonds. The normalized spacial score (nSPS) is 13.7. The highest BCUT2D eigenvalue weighted by molar-refractivity contribution is 5.92. The molecule has 1 aromatic carbocycles. The molecule has 0 aliphatic rings. The fourth-order valence-electron chi connectivity index (χ4n) is 1.80. The summed E-state index contributed by atoms with van der Waals surface area (Å²) in [4.78, 5) is 23.1. The lowest BCUT2D eigenvalue weighted by Gasteiger charge is -2.16. The van der Waals surface area contributed by atoms with Crippen LogP contribution in [0.15, 0.2) is 30.3 Å². The van der Waals surface area contributed by atoms with E-state index in [1.165, 1.54) is 0 Å². The minimum atomic E-state index is -0.336. The highest BCUT2D eigenvalue weighted by atomic mass is 16.2. The van der Waals surface area contributed by atoms with Gasteiger partial charge in [-0.1, -0.05) is 32.0 Å². The summed E-state index contributed by atoms with van der Waals surface area (Å²) < 4.78 is 0. The fourth-order valence-corrected chi connectivity index (χ4v) is 1.80. The van der Waals surface area contributed by atoms with Crippen LogP contribution in [0.4, 0.5) is 5.69 Å². The van der Waals surface area contributed by atoms with E-state index in [1.54, 1.807) is 0 Å². The standard InChI is InChI=1S/C14H20N2O2/c1-3-11(13(15)17)9-10(2)14(18)16-12-7-5-4-6-8-12/h4-8,10-11H,3,9H2,1-2H3,(H2,15,17)(H,16,18). The van der Waals surface area contributed by atoms with Crippen LogP contribution in [0.2, 0.25) is 0 Å². The number of para-hydroxylation sites is 1. The molecule has 4 nitrogen and oxygen atoms in total. The van der Waals surface area contributed by atoms with Crippen LogP contribution in [0.5, 0.6) is 0 Å². The van der Waals surface area contributed by atoms with Gasteiger partial charge >= 0.3 is 0 Å². The maximum absolute atomic E-state index is 11.9. The molecule has 18 heavy (non-hydrogen) atoms. The Hall–Kier alpha value is -1.84. The summed E-state index contributed by atoms with van der Waals surface area (Å²) >= 11 is 0. The van der Waals surface area contributed by atoms with E-state index >= 15 is 0 Å². The second-order valence-electron chi connectivity index (χ2n) is 4.50. The SMILES string of the molecule is CCC(CC(C)C(=O)Nc1ccccc1)C(N)=O. The van der Waals surface area contributed by atoms with Crippen molar-refractivity contribution in [3.63, 3.8) is 0 Å². The summed E-state index contributed by atoms with van der Waals surface area (Å²) in [5.74, 6) is -0.887. The van der Waals surface area contributed by atoms with Gasteiger partial charge in [-0.15, -0.1) is 0 Å². The molecule has 0 aromatic heterocycles. The molecule has 0 spiro atoms. The van der Waals surface area contributed by atoms with E-state index in [4.69, 9.17) is 5.73 Å². The maximum Gasteiger partial charge on any atom is 0.227 e. The zero-order valence-corrected chi connectivity index (χ0v) is 10.8. The molecule has 0 heterocycles. The first-order chi connectivity index (χ1) is 8.54. The van der Waals surface area contributed by atoms with E-state index in [9.17, 15) is 9.59 Å². The lowest BCUT2D eigenvalue weighted by Crippen LogP contribution is -2.29. The number of primary amides is 1. The lowest BCUT2D eigenvalue weighted by atomic mass is 9.92. The summed E-state index contributed by atoms with van der Waals surface area (Å²) in [5.41, 5.74) is 6.04. The molecule has 0 aliphatic heterocycles. The van der Waals surface area contributed by atoms with Gasteiger partial charge in [0.25, 0.3) is 0 Å². The number of hydrogen-bond donors (Lipinski definition) is 2. The molecule has 3 N–H and O–H groups in total. The lowest BCUT2D eigenvalue weighted by molar-refractivity contribution is -0.124. The summed E-state index contributed by atoms with van der Waals surface area (Å²) in [6, 6.07) is 9.27. The second-order valence-corrected chi connectivity index (χ2v) is 4.50. The van der Waals surface area contributed by atoms with Crippen LogP contribution in [0, 0.1) is 11.8 Å². The van der Waals surface area contributed by atoms with Crippen LogP contribution >= 0.6 is 0 Å². The first-order valence-electron chi connectivity index (χ1n) is 6.19. The Balaban J connectivity index is 2.54. The first-order valence-corrected chi connectivity index (χ1v) is 6.19. The number of nitrogens with one attached hydrogen (secondary N) is 1. The van der Waals surface area contributed by atoms with Crippen molar-refractivity contribution < 1.29 is 9.59 Å². The number of hydrogen-bond acceptors (Lipinski definition) is 2. The molecule has 0 radical (unpaired) electrons. The van der Waals surface area contributed by atoms with E-state index in [0.29, 0.717) is 12.8 Å². The largest absolute Gasteiger partial charge is 0.369 e. The van der Waals surface area contributed by atoms with Crippen molar-refractivity contribution in [1.82, 2.24) is 0 Å².